The van der Waals surface area contributed by atoms with Gasteiger partial charge < -0.3 is 20.3 Å². The smallest absolute Gasteiger partial charge is 0.139 e. The van der Waals surface area contributed by atoms with Gasteiger partial charge in [-0.05, 0) is 56.9 Å². The average molecular weight is 504 g/mol. The number of aliphatic hydroxyl groups excluding tert-OH is 1. The molecule has 0 spiro atoms. The maximum Gasteiger partial charge on any atom is 0.139 e. The van der Waals surface area contributed by atoms with E-state index in [0.29, 0.717) is 43.1 Å². The van der Waals surface area contributed by atoms with Crippen LogP contribution in [0.2, 0.25) is 0 Å². The summed E-state index contributed by atoms with van der Waals surface area (Å²) >= 11 is 0. The molecule has 5 fully saturated rings. The Kier molecular flexibility index (Phi) is 9.02. The van der Waals surface area contributed by atoms with Gasteiger partial charge in [-0.25, -0.2) is 10.9 Å². The summed E-state index contributed by atoms with van der Waals surface area (Å²) in [6.45, 7) is 2.69. The van der Waals surface area contributed by atoms with E-state index in [1.807, 2.05) is 4.90 Å². The maximum atomic E-state index is 13.3. The molecule has 0 aromatic rings. The lowest BCUT2D eigenvalue weighted by Gasteiger charge is -2.43. The highest BCUT2D eigenvalue weighted by atomic mass is 16.5. The molecule has 3 aliphatic heterocycles. The number of ketones is 1. The first-order chi connectivity index (χ1) is 17.5. The summed E-state index contributed by atoms with van der Waals surface area (Å²) in [5.74, 6) is 1.27. The van der Waals surface area contributed by atoms with Crippen LogP contribution in [0, 0.1) is 17.8 Å². The van der Waals surface area contributed by atoms with Gasteiger partial charge in [0, 0.05) is 37.6 Å². The third-order valence-corrected chi connectivity index (χ3v) is 9.25. The van der Waals surface area contributed by atoms with Crippen LogP contribution in [0.1, 0.15) is 64.2 Å². The van der Waals surface area contributed by atoms with Crippen molar-refractivity contribution in [1.29, 1.82) is 0 Å². The largest absolute Gasteiger partial charge is 0.395 e. The summed E-state index contributed by atoms with van der Waals surface area (Å²) in [7, 11) is 6.48. The second kappa shape index (κ2) is 12.0. The highest BCUT2D eigenvalue weighted by molar-refractivity contribution is 6.14. The van der Waals surface area contributed by atoms with Crippen LogP contribution in [-0.2, 0) is 9.53 Å². The molecule has 0 aromatic carbocycles. The number of nitrogens with one attached hydrogen (secondary N) is 5. The van der Waals surface area contributed by atoms with Crippen molar-refractivity contribution in [2.45, 2.75) is 100 Å². The zero-order valence-electron chi connectivity index (χ0n) is 21.5. The molecule has 36 heavy (non-hydrogen) atoms. The van der Waals surface area contributed by atoms with Gasteiger partial charge in [0.1, 0.15) is 19.8 Å². The highest BCUT2D eigenvalue weighted by Crippen LogP contribution is 2.40. The third-order valence-electron chi connectivity index (χ3n) is 9.25. The SMILES string of the molecule is [B]C(O)(NC1CCCC(C(=O)C[C@H]2COC3CCCCC32)C1)C1NNC(C2CCNCN2)N1CCO. The topological polar surface area (TPSA) is 130 Å². The van der Waals surface area contributed by atoms with Crippen molar-refractivity contribution in [2.24, 2.45) is 17.8 Å². The van der Waals surface area contributed by atoms with Crippen molar-refractivity contribution in [3.63, 3.8) is 0 Å². The first-order valence-electron chi connectivity index (χ1n) is 14.2. The molecule has 8 unspecified atom stereocenters. The monoisotopic (exact) mass is 504 g/mol. The molecule has 5 aliphatic rings. The Hall–Kier alpha value is -0.625. The van der Waals surface area contributed by atoms with E-state index < -0.39 is 11.8 Å². The number of hydrazine groups is 1. The number of carbonyl (C=O) groups excluding carboxylic acids is 1. The van der Waals surface area contributed by atoms with Gasteiger partial charge in [0.2, 0.25) is 0 Å². The Morgan fingerprint density at radius 2 is 2.00 bits per heavy atom. The number of β-amino-alcohol motifs (C(OH)–C–C–N with tert-alkyl or cyclic N) is 1. The van der Waals surface area contributed by atoms with Crippen molar-refractivity contribution in [3.05, 3.63) is 0 Å². The van der Waals surface area contributed by atoms with E-state index in [4.69, 9.17) is 12.6 Å². The van der Waals surface area contributed by atoms with Gasteiger partial charge in [0.05, 0.1) is 31.1 Å². The van der Waals surface area contributed by atoms with E-state index in [1.165, 1.54) is 19.3 Å². The Morgan fingerprint density at radius 1 is 1.14 bits per heavy atom. The molecule has 9 atom stereocenters. The predicted octanol–water partition coefficient (Wildman–Crippen LogP) is -0.923. The van der Waals surface area contributed by atoms with Crippen LogP contribution in [-0.4, -0.2) is 97.9 Å². The van der Waals surface area contributed by atoms with Crippen LogP contribution in [0.4, 0.5) is 0 Å². The number of hydrogen-bond donors (Lipinski definition) is 7. The van der Waals surface area contributed by atoms with E-state index in [0.717, 1.165) is 51.9 Å². The van der Waals surface area contributed by atoms with Crippen molar-refractivity contribution in [3.8, 4) is 0 Å². The van der Waals surface area contributed by atoms with Gasteiger partial charge in [-0.2, -0.15) is 0 Å². The molecule has 7 N–H and O–H groups in total. The third kappa shape index (κ3) is 6.00. The van der Waals surface area contributed by atoms with E-state index in [9.17, 15) is 15.0 Å². The molecule has 2 radical (unpaired) electrons. The molecule has 0 bridgehead atoms. The van der Waals surface area contributed by atoms with Gasteiger partial charge in [-0.3, -0.25) is 20.3 Å². The van der Waals surface area contributed by atoms with Gasteiger partial charge >= 0.3 is 0 Å². The lowest BCUT2D eigenvalue weighted by Crippen LogP contribution is -2.67. The molecule has 11 heteroatoms. The number of carbonyl (C=O) groups is 1. The molecule has 0 amide bonds. The second-order valence-electron chi connectivity index (χ2n) is 11.7. The number of aliphatic hydroxyl groups is 2. The number of hydrogen-bond acceptors (Lipinski definition) is 10. The minimum Gasteiger partial charge on any atom is -0.395 e. The summed E-state index contributed by atoms with van der Waals surface area (Å²) in [6, 6.07) is 0.116. The normalized spacial score (nSPS) is 41.6. The molecule has 5 rings (SSSR count). The molecular weight excluding hydrogens is 459 g/mol. The molecule has 2 saturated carbocycles. The summed E-state index contributed by atoms with van der Waals surface area (Å²) in [5.41, 5.74) is 4.71. The van der Waals surface area contributed by atoms with E-state index in [2.05, 4.69) is 26.8 Å². The second-order valence-corrected chi connectivity index (χ2v) is 11.7. The number of Topliss-reactive ketones (excluding diaryl/α,β-unsaturated/α-hetero) is 1. The molecule has 3 heterocycles. The predicted molar refractivity (Wildman–Crippen MR) is 136 cm³/mol. The molecule has 3 saturated heterocycles. The van der Waals surface area contributed by atoms with Gasteiger partial charge in [-0.1, -0.05) is 19.3 Å². The van der Waals surface area contributed by atoms with Gasteiger partial charge in [-0.15, -0.1) is 0 Å². The number of nitrogens with zero attached hydrogens (tertiary/aromatic N) is 1. The molecule has 2 aliphatic carbocycles. The van der Waals surface area contributed by atoms with Crippen molar-refractivity contribution in [2.75, 3.05) is 33.0 Å². The summed E-state index contributed by atoms with van der Waals surface area (Å²) in [5, 5.41) is 31.1. The first kappa shape index (κ1) is 27.0. The zero-order valence-corrected chi connectivity index (χ0v) is 21.5. The van der Waals surface area contributed by atoms with Crippen LogP contribution in [0.3, 0.4) is 0 Å². The molecular formula is C25H45BN6O4. The summed E-state index contributed by atoms with van der Waals surface area (Å²) in [6.07, 6.45) is 9.42. The summed E-state index contributed by atoms with van der Waals surface area (Å²) < 4.78 is 6.03. The number of ether oxygens (including phenoxy) is 1. The lowest BCUT2D eigenvalue weighted by atomic mass is 9.75. The number of fused-ring (bicyclic) bond motifs is 1. The quantitative estimate of drug-likeness (QED) is 0.156. The van der Waals surface area contributed by atoms with Crippen molar-refractivity contribution in [1.82, 2.24) is 31.7 Å². The van der Waals surface area contributed by atoms with E-state index in [1.54, 1.807) is 0 Å². The van der Waals surface area contributed by atoms with Crippen LogP contribution >= 0.6 is 0 Å². The van der Waals surface area contributed by atoms with Gasteiger partial charge in [0.15, 0.2) is 0 Å². The van der Waals surface area contributed by atoms with E-state index in [-0.39, 0.29) is 30.8 Å². The molecule has 10 nitrogen and oxygen atoms in total. The number of rotatable bonds is 9. The minimum atomic E-state index is -1.73. The fourth-order valence-corrected chi connectivity index (χ4v) is 7.39. The lowest BCUT2D eigenvalue weighted by molar-refractivity contribution is -0.125. The Balaban J connectivity index is 1.16. The van der Waals surface area contributed by atoms with Crippen LogP contribution < -0.4 is 26.8 Å². The van der Waals surface area contributed by atoms with E-state index >= 15 is 0 Å². The maximum absolute atomic E-state index is 13.3. The minimum absolute atomic E-state index is 0.00425. The van der Waals surface area contributed by atoms with Crippen LogP contribution in [0.25, 0.3) is 0 Å². The van der Waals surface area contributed by atoms with Crippen LogP contribution in [0.15, 0.2) is 0 Å². The fraction of sp³-hybridized carbons (Fsp3) is 0.960. The summed E-state index contributed by atoms with van der Waals surface area (Å²) in [4.78, 5) is 15.3. The Labute approximate surface area is 216 Å². The Bertz CT molecular complexity index is 741. The average Bonchev–Trinajstić information content (AvgIpc) is 3.50. The highest BCUT2D eigenvalue weighted by Gasteiger charge is 2.47. The fourth-order valence-electron chi connectivity index (χ4n) is 7.39. The van der Waals surface area contributed by atoms with Gasteiger partial charge in [0.25, 0.3) is 0 Å². The Morgan fingerprint density at radius 3 is 2.81 bits per heavy atom. The zero-order chi connectivity index (χ0) is 25.1. The molecule has 202 valence electrons. The van der Waals surface area contributed by atoms with Crippen LogP contribution in [0.5, 0.6) is 0 Å². The first-order valence-corrected chi connectivity index (χ1v) is 14.2. The van der Waals surface area contributed by atoms with Crippen molar-refractivity contribution < 1.29 is 19.7 Å². The molecule has 0 aromatic heterocycles. The van der Waals surface area contributed by atoms with Crippen molar-refractivity contribution >= 4 is 13.6 Å². The standard InChI is InChI=1S/C25H45BN6O4/c26-25(35,24-31-30-23(32(24)10-11-33)20-8-9-27-15-28-20)29-18-5-3-4-16(12-18)21(34)13-17-14-36-22-7-2-1-6-19(17)22/h16-20,22-24,27-31,33,35H,1-15H2/t16?,17-,18?,19?,20?,22?,23?,24?,25?/m0/s1.